The molecule has 1 aromatic rings. The van der Waals surface area contributed by atoms with Gasteiger partial charge in [0.05, 0.1) is 6.10 Å². The highest BCUT2D eigenvalue weighted by Gasteiger charge is 2.56. The summed E-state index contributed by atoms with van der Waals surface area (Å²) in [5.41, 5.74) is 7.40. The third kappa shape index (κ3) is 6.95. The van der Waals surface area contributed by atoms with Crippen LogP contribution in [0.2, 0.25) is 0 Å². The average molecular weight is 564 g/mol. The van der Waals surface area contributed by atoms with Crippen molar-refractivity contribution >= 4 is 16.8 Å². The van der Waals surface area contributed by atoms with E-state index in [4.69, 9.17) is 10.5 Å². The number of halogens is 1. The monoisotopic (exact) mass is 563 g/mol. The van der Waals surface area contributed by atoms with Crippen molar-refractivity contribution in [2.45, 2.75) is 116 Å². The summed E-state index contributed by atoms with van der Waals surface area (Å²) in [4.78, 5) is 12.5. The van der Waals surface area contributed by atoms with E-state index in [9.17, 15) is 18.5 Å². The minimum absolute atomic E-state index is 0.00703. The summed E-state index contributed by atoms with van der Waals surface area (Å²) in [6.07, 6.45) is 7.68. The maximum atomic E-state index is 13.8. The van der Waals surface area contributed by atoms with E-state index in [0.29, 0.717) is 53.8 Å². The highest BCUT2D eigenvalue weighted by Crippen LogP contribution is 2.62. The average Bonchev–Trinajstić information content (AvgIpc) is 3.16. The first-order chi connectivity index (χ1) is 18.3. The van der Waals surface area contributed by atoms with E-state index < -0.39 is 28.5 Å². The topological polar surface area (TPSA) is 89.6 Å². The number of rotatable bonds is 11. The number of benzene rings is 1. The van der Waals surface area contributed by atoms with Gasteiger partial charge in [-0.05, 0) is 130 Å². The molecule has 0 aromatic heterocycles. The molecular formula is C32H50FNO4S. The fourth-order valence-corrected chi connectivity index (χ4v) is 8.96. The van der Waals surface area contributed by atoms with Crippen LogP contribution in [0.1, 0.15) is 103 Å². The number of fused-ring (bicyclic) bond motifs is 5. The van der Waals surface area contributed by atoms with Crippen molar-refractivity contribution in [1.82, 2.24) is 0 Å². The van der Waals surface area contributed by atoms with Crippen LogP contribution in [0.3, 0.4) is 0 Å². The van der Waals surface area contributed by atoms with Crippen LogP contribution in [-0.2, 0) is 22.0 Å². The maximum Gasteiger partial charge on any atom is 0.328 e. The van der Waals surface area contributed by atoms with Gasteiger partial charge in [-0.15, -0.1) is 0 Å². The molecule has 1 unspecified atom stereocenters. The number of carbonyl (C=O) groups is 1. The second-order valence-corrected chi connectivity index (χ2v) is 15.5. The van der Waals surface area contributed by atoms with E-state index >= 15 is 0 Å². The van der Waals surface area contributed by atoms with Gasteiger partial charge in [0, 0.05) is 22.3 Å². The highest BCUT2D eigenvalue weighted by atomic mass is 32.2. The van der Waals surface area contributed by atoms with Gasteiger partial charge in [0.1, 0.15) is 17.5 Å². The largest absolute Gasteiger partial charge is 0.425 e. The van der Waals surface area contributed by atoms with Gasteiger partial charge in [-0.1, -0.05) is 26.8 Å². The number of esters is 1. The summed E-state index contributed by atoms with van der Waals surface area (Å²) in [6.45, 7) is 9.27. The molecule has 0 radical (unpaired) electrons. The Balaban J connectivity index is 1.50. The van der Waals surface area contributed by atoms with Crippen LogP contribution < -0.4 is 10.5 Å². The van der Waals surface area contributed by atoms with Crippen molar-refractivity contribution in [2.24, 2.45) is 34.8 Å². The summed E-state index contributed by atoms with van der Waals surface area (Å²) >= 11 is 0. The molecule has 0 aliphatic heterocycles. The molecule has 39 heavy (non-hydrogen) atoms. The molecule has 0 heterocycles. The molecule has 7 heteroatoms. The van der Waals surface area contributed by atoms with Crippen molar-refractivity contribution < 1.29 is 23.2 Å². The van der Waals surface area contributed by atoms with E-state index in [1.54, 1.807) is 13.8 Å². The molecule has 0 amide bonds. The lowest BCUT2D eigenvalue weighted by Crippen LogP contribution is -2.47. The lowest BCUT2D eigenvalue weighted by molar-refractivity contribution is -0.136. The summed E-state index contributed by atoms with van der Waals surface area (Å²) in [5, 5.41) is 10.9. The standard InChI is InChI=1S/C32H50FNO4S/c1-20(2)29(34)30(36)38-23-9-10-24-22(19-23)18-21(8-6-16-39(37)17-7-14-31(3,4)33)28-25(24)13-15-32(5)26(28)11-12-27(32)35/h9-10,19-21,25-29,35H,6-8,11-18,34H2,1-5H3/t21-,25-,26+,27+,28-,29+,32+,39?/m1/s1. The van der Waals surface area contributed by atoms with Gasteiger partial charge < -0.3 is 15.6 Å². The Hall–Kier alpha value is -1.31. The first-order valence-corrected chi connectivity index (χ1v) is 16.6. The highest BCUT2D eigenvalue weighted by molar-refractivity contribution is 7.84. The quantitative estimate of drug-likeness (QED) is 0.252. The van der Waals surface area contributed by atoms with Crippen LogP contribution in [0.25, 0.3) is 0 Å². The lowest BCUT2D eigenvalue weighted by atomic mass is 9.52. The van der Waals surface area contributed by atoms with Crippen LogP contribution in [-0.4, -0.2) is 44.6 Å². The predicted molar refractivity (Wildman–Crippen MR) is 156 cm³/mol. The maximum absolute atomic E-state index is 13.8. The fourth-order valence-electron chi connectivity index (χ4n) is 7.80. The fraction of sp³-hybridized carbons (Fsp3) is 0.781. The number of aliphatic hydroxyl groups excluding tert-OH is 1. The van der Waals surface area contributed by atoms with Crippen LogP contribution in [0.15, 0.2) is 18.2 Å². The number of hydrogen-bond acceptors (Lipinski definition) is 5. The molecular weight excluding hydrogens is 513 g/mol. The molecule has 3 aliphatic carbocycles. The van der Waals surface area contributed by atoms with Crippen molar-refractivity contribution in [3.8, 4) is 5.75 Å². The van der Waals surface area contributed by atoms with Crippen molar-refractivity contribution in [1.29, 1.82) is 0 Å². The Kier molecular flexibility index (Phi) is 9.65. The van der Waals surface area contributed by atoms with Crippen molar-refractivity contribution in [2.75, 3.05) is 11.5 Å². The minimum Gasteiger partial charge on any atom is -0.425 e. The summed E-state index contributed by atoms with van der Waals surface area (Å²) in [6, 6.07) is 5.46. The van der Waals surface area contributed by atoms with Gasteiger partial charge in [0.2, 0.25) is 0 Å². The molecule has 0 saturated heterocycles. The van der Waals surface area contributed by atoms with E-state index in [2.05, 4.69) is 13.0 Å². The Morgan fingerprint density at radius 1 is 1.23 bits per heavy atom. The number of carbonyl (C=O) groups excluding carboxylic acids is 1. The zero-order valence-electron chi connectivity index (χ0n) is 24.6. The molecule has 8 atom stereocenters. The van der Waals surface area contributed by atoms with E-state index in [0.717, 1.165) is 44.9 Å². The van der Waals surface area contributed by atoms with Gasteiger partial charge >= 0.3 is 5.97 Å². The van der Waals surface area contributed by atoms with Gasteiger partial charge in [-0.2, -0.15) is 0 Å². The van der Waals surface area contributed by atoms with Crippen LogP contribution in [0.5, 0.6) is 5.75 Å². The van der Waals surface area contributed by atoms with E-state index in [1.807, 2.05) is 26.0 Å². The Morgan fingerprint density at radius 2 is 1.95 bits per heavy atom. The van der Waals surface area contributed by atoms with E-state index in [-0.39, 0.29) is 17.4 Å². The number of hydrogen-bond donors (Lipinski definition) is 2. The molecule has 4 rings (SSSR count). The third-order valence-electron chi connectivity index (χ3n) is 10.1. The van der Waals surface area contributed by atoms with E-state index in [1.165, 1.54) is 11.1 Å². The number of alkyl halides is 1. The summed E-state index contributed by atoms with van der Waals surface area (Å²) < 4.78 is 32.2. The summed E-state index contributed by atoms with van der Waals surface area (Å²) in [7, 11) is -0.928. The first kappa shape index (κ1) is 30.6. The molecule has 220 valence electrons. The summed E-state index contributed by atoms with van der Waals surface area (Å²) in [5.74, 6) is 3.23. The zero-order chi connectivity index (χ0) is 28.5. The smallest absolute Gasteiger partial charge is 0.328 e. The molecule has 3 aliphatic rings. The lowest BCUT2D eigenvalue weighted by Gasteiger charge is -2.53. The van der Waals surface area contributed by atoms with Gasteiger partial charge in [-0.3, -0.25) is 4.21 Å². The molecule has 0 spiro atoms. The van der Waals surface area contributed by atoms with Crippen LogP contribution >= 0.6 is 0 Å². The second-order valence-electron chi connectivity index (χ2n) is 13.8. The van der Waals surface area contributed by atoms with Gasteiger partial charge in [0.15, 0.2) is 0 Å². The van der Waals surface area contributed by atoms with Crippen molar-refractivity contribution in [3.05, 3.63) is 29.3 Å². The number of aliphatic hydroxyl groups is 1. The molecule has 2 fully saturated rings. The van der Waals surface area contributed by atoms with Crippen LogP contribution in [0.4, 0.5) is 4.39 Å². The van der Waals surface area contributed by atoms with Gasteiger partial charge in [-0.25, -0.2) is 9.18 Å². The number of ether oxygens (including phenoxy) is 1. The zero-order valence-corrected chi connectivity index (χ0v) is 25.4. The second kappa shape index (κ2) is 12.3. The van der Waals surface area contributed by atoms with Crippen LogP contribution in [0, 0.1) is 29.1 Å². The molecule has 0 bridgehead atoms. The van der Waals surface area contributed by atoms with Crippen molar-refractivity contribution in [3.63, 3.8) is 0 Å². The first-order valence-electron chi connectivity index (χ1n) is 15.1. The molecule has 2 saturated carbocycles. The third-order valence-corrected chi connectivity index (χ3v) is 11.6. The SMILES string of the molecule is CC(C)[C@H](N)C(=O)Oc1ccc2c(c1)C[C@@H](CCCS(=O)CCCC(C)(C)F)[C@@H]1[C@@H]2CC[C@]2(C)[C@@H](O)CC[C@@H]12. The molecule has 3 N–H and O–H groups in total. The van der Waals surface area contributed by atoms with Gasteiger partial charge in [0.25, 0.3) is 0 Å². The minimum atomic E-state index is -1.21. The Labute approximate surface area is 237 Å². The number of nitrogens with two attached hydrogens (primary N) is 1. The predicted octanol–water partition coefficient (Wildman–Crippen LogP) is 6.08. The Bertz CT molecular complexity index is 1040. The molecule has 1 aromatic carbocycles. The molecule has 5 nitrogen and oxygen atoms in total. The normalized spacial score (nSPS) is 31.8. The Morgan fingerprint density at radius 3 is 2.64 bits per heavy atom.